The van der Waals surface area contributed by atoms with Crippen LogP contribution in [0.1, 0.15) is 48.5 Å². The largest absolute Gasteiger partial charge is 0.478 e. The minimum Gasteiger partial charge on any atom is -0.478 e. The fourth-order valence-corrected chi connectivity index (χ4v) is 2.39. The highest BCUT2D eigenvalue weighted by molar-refractivity contribution is 5.87. The zero-order valence-corrected chi connectivity index (χ0v) is 12.4. The van der Waals surface area contributed by atoms with E-state index in [0.717, 1.165) is 29.8 Å². The van der Waals surface area contributed by atoms with Gasteiger partial charge in [0.25, 0.3) is 0 Å². The van der Waals surface area contributed by atoms with Gasteiger partial charge in [0, 0.05) is 18.1 Å². The van der Waals surface area contributed by atoms with Gasteiger partial charge in [-0.05, 0) is 42.7 Å². The summed E-state index contributed by atoms with van der Waals surface area (Å²) in [6, 6.07) is 6.80. The number of nitrogens with zero attached hydrogens (tertiary/aromatic N) is 1. The highest BCUT2D eigenvalue weighted by Crippen LogP contribution is 2.20. The van der Waals surface area contributed by atoms with E-state index >= 15 is 0 Å². The minimum absolute atomic E-state index is 0.290. The Morgan fingerprint density at radius 3 is 2.48 bits per heavy atom. The molecule has 0 aliphatic carbocycles. The lowest BCUT2D eigenvalue weighted by atomic mass is 10.1. The third kappa shape index (κ3) is 3.88. The molecule has 0 fully saturated rings. The van der Waals surface area contributed by atoms with Gasteiger partial charge >= 0.3 is 5.97 Å². The van der Waals surface area contributed by atoms with Crippen LogP contribution < -0.4 is 5.73 Å². The molecular weight excluding hydrogens is 264 g/mol. The first kappa shape index (κ1) is 15.2. The Balaban J connectivity index is 2.08. The summed E-state index contributed by atoms with van der Waals surface area (Å²) in [7, 11) is 0. The third-order valence-electron chi connectivity index (χ3n) is 3.66. The normalized spacial score (nSPS) is 10.7. The first-order valence-corrected chi connectivity index (χ1v) is 7.42. The zero-order valence-electron chi connectivity index (χ0n) is 12.4. The van der Waals surface area contributed by atoms with Gasteiger partial charge in [0.2, 0.25) is 0 Å². The van der Waals surface area contributed by atoms with E-state index in [0.29, 0.717) is 5.56 Å². The molecule has 0 radical (unpaired) electrons. The summed E-state index contributed by atoms with van der Waals surface area (Å²) < 4.78 is 1.95. The lowest BCUT2D eigenvalue weighted by molar-refractivity contribution is 0.0697. The highest BCUT2D eigenvalue weighted by Gasteiger charge is 2.07. The van der Waals surface area contributed by atoms with E-state index in [-0.39, 0.29) is 0 Å². The summed E-state index contributed by atoms with van der Waals surface area (Å²) in [6.45, 7) is 2.20. The molecule has 112 valence electrons. The Labute approximate surface area is 125 Å². The Bertz CT molecular complexity index is 600. The molecule has 0 atom stereocenters. The monoisotopic (exact) mass is 286 g/mol. The summed E-state index contributed by atoms with van der Waals surface area (Å²) in [5, 5.41) is 8.91. The topological polar surface area (TPSA) is 68.2 Å². The molecule has 0 saturated heterocycles. The second kappa shape index (κ2) is 6.97. The maximum Gasteiger partial charge on any atom is 0.335 e. The number of unbranched alkanes of at least 4 members (excludes halogenated alkanes) is 3. The number of hydrogen-bond donors (Lipinski definition) is 2. The molecule has 0 aliphatic rings. The summed E-state index contributed by atoms with van der Waals surface area (Å²) >= 11 is 0. The molecule has 2 aromatic rings. The summed E-state index contributed by atoms with van der Waals surface area (Å²) in [4.78, 5) is 10.9. The van der Waals surface area contributed by atoms with Gasteiger partial charge in [0.15, 0.2) is 0 Å². The first-order chi connectivity index (χ1) is 10.1. The van der Waals surface area contributed by atoms with E-state index in [2.05, 4.69) is 6.92 Å². The molecular formula is C17H22N2O2. The van der Waals surface area contributed by atoms with Crippen LogP contribution in [0, 0.1) is 0 Å². The van der Waals surface area contributed by atoms with Crippen LogP contribution in [-0.2, 0) is 6.42 Å². The van der Waals surface area contributed by atoms with Gasteiger partial charge in [-0.2, -0.15) is 0 Å². The summed E-state index contributed by atoms with van der Waals surface area (Å²) in [5.74, 6) is -0.912. The maximum atomic E-state index is 10.9. The number of carboxylic acid groups (broad SMARTS) is 1. The van der Waals surface area contributed by atoms with Gasteiger partial charge in [0.1, 0.15) is 0 Å². The molecule has 21 heavy (non-hydrogen) atoms. The molecule has 0 unspecified atom stereocenters. The number of carbonyl (C=O) groups is 1. The van der Waals surface area contributed by atoms with Crippen LogP contribution >= 0.6 is 0 Å². The quantitative estimate of drug-likeness (QED) is 0.759. The van der Waals surface area contributed by atoms with Crippen LogP contribution in [0.25, 0.3) is 5.69 Å². The van der Waals surface area contributed by atoms with Crippen LogP contribution in [0.2, 0.25) is 0 Å². The number of anilines is 1. The molecule has 1 heterocycles. The van der Waals surface area contributed by atoms with Crippen LogP contribution in [-0.4, -0.2) is 15.6 Å². The number of nitrogens with two attached hydrogens (primary N) is 1. The van der Waals surface area contributed by atoms with Crippen molar-refractivity contribution in [2.24, 2.45) is 0 Å². The van der Waals surface area contributed by atoms with Gasteiger partial charge < -0.3 is 15.4 Å². The molecule has 0 bridgehead atoms. The summed E-state index contributed by atoms with van der Waals surface area (Å²) in [5.41, 5.74) is 9.23. The number of benzene rings is 1. The van der Waals surface area contributed by atoms with Crippen molar-refractivity contribution >= 4 is 11.7 Å². The lowest BCUT2D eigenvalue weighted by Crippen LogP contribution is -1.97. The van der Waals surface area contributed by atoms with Crippen molar-refractivity contribution in [3.8, 4) is 5.69 Å². The van der Waals surface area contributed by atoms with Crippen molar-refractivity contribution in [3.63, 3.8) is 0 Å². The number of aromatic carboxylic acids is 1. The van der Waals surface area contributed by atoms with Gasteiger partial charge in [-0.15, -0.1) is 0 Å². The molecule has 4 heteroatoms. The molecule has 1 aromatic carbocycles. The van der Waals surface area contributed by atoms with Crippen LogP contribution in [0.5, 0.6) is 0 Å². The number of rotatable bonds is 7. The number of hydrogen-bond acceptors (Lipinski definition) is 2. The predicted octanol–water partition coefficient (Wildman–Crippen LogP) is 3.88. The van der Waals surface area contributed by atoms with Gasteiger partial charge in [-0.1, -0.05) is 26.2 Å². The van der Waals surface area contributed by atoms with Crippen LogP contribution in [0.4, 0.5) is 5.69 Å². The molecule has 0 spiro atoms. The Morgan fingerprint density at radius 1 is 1.14 bits per heavy atom. The zero-order chi connectivity index (χ0) is 15.2. The van der Waals surface area contributed by atoms with E-state index < -0.39 is 5.97 Å². The number of carboxylic acids is 1. The number of aryl methyl sites for hydroxylation is 1. The minimum atomic E-state index is -0.912. The van der Waals surface area contributed by atoms with Gasteiger partial charge in [-0.25, -0.2) is 4.79 Å². The third-order valence-corrected chi connectivity index (χ3v) is 3.66. The smallest absolute Gasteiger partial charge is 0.335 e. The van der Waals surface area contributed by atoms with Crippen molar-refractivity contribution in [3.05, 3.63) is 47.8 Å². The molecule has 2 rings (SSSR count). The maximum absolute atomic E-state index is 10.9. The van der Waals surface area contributed by atoms with Crippen LogP contribution in [0.15, 0.2) is 36.7 Å². The fourth-order valence-electron chi connectivity index (χ4n) is 2.39. The molecule has 1 aromatic heterocycles. The van der Waals surface area contributed by atoms with Crippen molar-refractivity contribution in [1.82, 2.24) is 4.57 Å². The fraction of sp³-hybridized carbons (Fsp3) is 0.353. The molecule has 4 nitrogen and oxygen atoms in total. The highest BCUT2D eigenvalue weighted by atomic mass is 16.4. The first-order valence-electron chi connectivity index (χ1n) is 7.42. The standard InChI is InChI=1S/C17H22N2O2/c1-2-3-4-5-6-14-11-19(12-16(14)18)15-9-7-13(8-10-15)17(20)21/h7-12H,2-6,18H2,1H3,(H,20,21). The molecule has 0 saturated carbocycles. The van der Waals surface area contributed by atoms with Gasteiger partial charge in [-0.3, -0.25) is 0 Å². The van der Waals surface area contributed by atoms with Crippen molar-refractivity contribution in [1.29, 1.82) is 0 Å². The predicted molar refractivity (Wildman–Crippen MR) is 85.0 cm³/mol. The van der Waals surface area contributed by atoms with Crippen molar-refractivity contribution in [2.75, 3.05) is 5.73 Å². The summed E-state index contributed by atoms with van der Waals surface area (Å²) in [6.07, 6.45) is 9.80. The van der Waals surface area contributed by atoms with Crippen LogP contribution in [0.3, 0.4) is 0 Å². The molecule has 0 aliphatic heterocycles. The van der Waals surface area contributed by atoms with E-state index in [1.807, 2.05) is 17.0 Å². The Kier molecular flexibility index (Phi) is 5.04. The van der Waals surface area contributed by atoms with E-state index in [9.17, 15) is 4.79 Å². The lowest BCUT2D eigenvalue weighted by Gasteiger charge is -2.03. The average molecular weight is 286 g/mol. The van der Waals surface area contributed by atoms with E-state index in [1.54, 1.807) is 24.3 Å². The average Bonchev–Trinajstić information content (AvgIpc) is 2.85. The number of aromatic nitrogens is 1. The second-order valence-corrected chi connectivity index (χ2v) is 5.31. The molecule has 3 N–H and O–H groups in total. The van der Waals surface area contributed by atoms with Crippen molar-refractivity contribution < 1.29 is 9.90 Å². The van der Waals surface area contributed by atoms with E-state index in [4.69, 9.17) is 10.8 Å². The van der Waals surface area contributed by atoms with Gasteiger partial charge in [0.05, 0.1) is 11.3 Å². The van der Waals surface area contributed by atoms with Crippen molar-refractivity contribution in [2.45, 2.75) is 39.0 Å². The molecule has 0 amide bonds. The SMILES string of the molecule is CCCCCCc1cn(-c2ccc(C(=O)O)cc2)cc1N. The van der Waals surface area contributed by atoms with E-state index in [1.165, 1.54) is 19.3 Å². The Morgan fingerprint density at radius 2 is 1.86 bits per heavy atom. The number of nitrogen functional groups attached to an aromatic ring is 1. The Hall–Kier alpha value is -2.23. The second-order valence-electron chi connectivity index (χ2n) is 5.31.